The first-order valence-electron chi connectivity index (χ1n) is 5.51. The Morgan fingerprint density at radius 3 is 2.88 bits per heavy atom. The molecule has 0 bridgehead atoms. The molecular weight excluding hydrogens is 331 g/mol. The molecule has 17 heavy (non-hydrogen) atoms. The lowest BCUT2D eigenvalue weighted by atomic mass is 10.1. The second kappa shape index (κ2) is 5.32. The van der Waals surface area contributed by atoms with Gasteiger partial charge in [0, 0.05) is 29.3 Å². The van der Waals surface area contributed by atoms with Gasteiger partial charge in [0.1, 0.15) is 0 Å². The van der Waals surface area contributed by atoms with Gasteiger partial charge in [-0.05, 0) is 40.8 Å². The molecule has 2 rings (SSSR count). The zero-order valence-corrected chi connectivity index (χ0v) is 11.7. The van der Waals surface area contributed by atoms with Crippen LogP contribution in [0, 0.1) is 3.57 Å². The maximum atomic E-state index is 12.2. The number of rotatable bonds is 2. The average Bonchev–Trinajstić information content (AvgIpc) is 2.73. The average molecular weight is 346 g/mol. The number of nitrogens with one attached hydrogen (secondary N) is 1. The van der Waals surface area contributed by atoms with E-state index in [2.05, 4.69) is 27.9 Å². The molecule has 0 spiro atoms. The second-order valence-corrected chi connectivity index (χ2v) is 5.46. The fourth-order valence-corrected chi connectivity index (χ4v) is 2.57. The van der Waals surface area contributed by atoms with Gasteiger partial charge in [-0.3, -0.25) is 4.79 Å². The Morgan fingerprint density at radius 1 is 1.53 bits per heavy atom. The molecule has 0 aromatic heterocycles. The Morgan fingerprint density at radius 2 is 2.29 bits per heavy atom. The van der Waals surface area contributed by atoms with Gasteiger partial charge in [0.05, 0.1) is 12.1 Å². The third-order valence-electron chi connectivity index (χ3n) is 3.04. The Balaban J connectivity index is 2.14. The molecule has 0 radical (unpaired) electrons. The van der Waals surface area contributed by atoms with E-state index in [1.54, 1.807) is 18.0 Å². The SMILES string of the molecule is CN(C(=O)c1cccc(I)c1)[C@H]1CNC[C@@H]1O. The molecule has 4 nitrogen and oxygen atoms in total. The molecule has 1 aromatic rings. The summed E-state index contributed by atoms with van der Waals surface area (Å²) in [7, 11) is 1.74. The predicted molar refractivity (Wildman–Crippen MR) is 73.9 cm³/mol. The number of nitrogens with zero attached hydrogens (tertiary/aromatic N) is 1. The zero-order chi connectivity index (χ0) is 12.4. The first kappa shape index (κ1) is 12.8. The molecule has 5 heteroatoms. The fourth-order valence-electron chi connectivity index (χ4n) is 2.02. The summed E-state index contributed by atoms with van der Waals surface area (Å²) in [6, 6.07) is 7.33. The van der Waals surface area contributed by atoms with Crippen molar-refractivity contribution in [2.24, 2.45) is 0 Å². The minimum Gasteiger partial charge on any atom is -0.390 e. The maximum absolute atomic E-state index is 12.2. The van der Waals surface area contributed by atoms with Gasteiger partial charge in [-0.2, -0.15) is 0 Å². The van der Waals surface area contributed by atoms with Crippen molar-refractivity contribution in [3.63, 3.8) is 0 Å². The van der Waals surface area contributed by atoms with E-state index < -0.39 is 6.10 Å². The van der Waals surface area contributed by atoms with Crippen LogP contribution in [-0.2, 0) is 0 Å². The molecule has 1 aliphatic heterocycles. The number of amides is 1. The smallest absolute Gasteiger partial charge is 0.254 e. The number of carbonyl (C=O) groups excluding carboxylic acids is 1. The van der Waals surface area contributed by atoms with E-state index in [1.807, 2.05) is 18.2 Å². The van der Waals surface area contributed by atoms with Gasteiger partial charge >= 0.3 is 0 Å². The molecular formula is C12H15IN2O2. The summed E-state index contributed by atoms with van der Waals surface area (Å²) in [5.74, 6) is -0.0451. The van der Waals surface area contributed by atoms with Crippen LogP contribution in [0.5, 0.6) is 0 Å². The van der Waals surface area contributed by atoms with E-state index in [9.17, 15) is 9.90 Å². The van der Waals surface area contributed by atoms with Crippen LogP contribution in [0.25, 0.3) is 0 Å². The maximum Gasteiger partial charge on any atom is 0.254 e. The lowest BCUT2D eigenvalue weighted by Gasteiger charge is -2.26. The Labute approximate surface area is 114 Å². The molecule has 1 aliphatic rings. The van der Waals surface area contributed by atoms with E-state index in [-0.39, 0.29) is 11.9 Å². The fraction of sp³-hybridized carbons (Fsp3) is 0.417. The molecule has 1 aromatic carbocycles. The summed E-state index contributed by atoms with van der Waals surface area (Å²) >= 11 is 2.18. The second-order valence-electron chi connectivity index (χ2n) is 4.22. The summed E-state index contributed by atoms with van der Waals surface area (Å²) in [6.07, 6.45) is -0.480. The van der Waals surface area contributed by atoms with Crippen molar-refractivity contribution in [2.45, 2.75) is 12.1 Å². The number of hydrogen-bond donors (Lipinski definition) is 2. The highest BCUT2D eigenvalue weighted by Gasteiger charge is 2.31. The summed E-state index contributed by atoms with van der Waals surface area (Å²) in [6.45, 7) is 1.20. The highest BCUT2D eigenvalue weighted by atomic mass is 127. The minimum atomic E-state index is -0.480. The van der Waals surface area contributed by atoms with Crippen LogP contribution in [-0.4, -0.2) is 48.2 Å². The summed E-state index contributed by atoms with van der Waals surface area (Å²) in [5, 5.41) is 12.8. The molecule has 0 aliphatic carbocycles. The predicted octanol–water partition coefficient (Wildman–Crippen LogP) is 0.696. The van der Waals surface area contributed by atoms with Crippen molar-refractivity contribution >= 4 is 28.5 Å². The molecule has 0 unspecified atom stereocenters. The number of β-amino-alcohol motifs (C(OH)–C–C–N with tert-alkyl or cyclic N) is 1. The molecule has 1 heterocycles. The van der Waals surface area contributed by atoms with E-state index >= 15 is 0 Å². The molecule has 2 N–H and O–H groups in total. The Bertz CT molecular complexity index is 425. The Hall–Kier alpha value is -0.660. The van der Waals surface area contributed by atoms with E-state index in [1.165, 1.54) is 0 Å². The van der Waals surface area contributed by atoms with Gasteiger partial charge in [-0.25, -0.2) is 0 Å². The number of likely N-dealkylation sites (N-methyl/N-ethyl adjacent to an activating group) is 1. The minimum absolute atomic E-state index is 0.0451. The van der Waals surface area contributed by atoms with Crippen molar-refractivity contribution < 1.29 is 9.90 Å². The van der Waals surface area contributed by atoms with E-state index in [4.69, 9.17) is 0 Å². The lowest BCUT2D eigenvalue weighted by molar-refractivity contribution is 0.0581. The summed E-state index contributed by atoms with van der Waals surface area (Å²) in [4.78, 5) is 13.8. The zero-order valence-electron chi connectivity index (χ0n) is 9.56. The first-order chi connectivity index (χ1) is 8.09. The van der Waals surface area contributed by atoms with Crippen molar-refractivity contribution in [1.29, 1.82) is 0 Å². The van der Waals surface area contributed by atoms with Crippen LogP contribution in [0.4, 0.5) is 0 Å². The standard InChI is InChI=1S/C12H15IN2O2/c1-15(10-6-14-7-11(10)16)12(17)8-3-2-4-9(13)5-8/h2-5,10-11,14,16H,6-7H2,1H3/t10-,11-/m0/s1. The monoisotopic (exact) mass is 346 g/mol. The number of carbonyl (C=O) groups is 1. The summed E-state index contributed by atoms with van der Waals surface area (Å²) in [5.41, 5.74) is 0.665. The quantitative estimate of drug-likeness (QED) is 0.775. The van der Waals surface area contributed by atoms with Crippen molar-refractivity contribution in [3.05, 3.63) is 33.4 Å². The topological polar surface area (TPSA) is 52.6 Å². The van der Waals surface area contributed by atoms with Crippen LogP contribution >= 0.6 is 22.6 Å². The number of aliphatic hydroxyl groups excluding tert-OH is 1. The van der Waals surface area contributed by atoms with Gasteiger partial charge in [0.25, 0.3) is 5.91 Å². The molecule has 1 fully saturated rings. The van der Waals surface area contributed by atoms with Gasteiger partial charge < -0.3 is 15.3 Å². The molecule has 2 atom stereocenters. The molecule has 0 saturated carbocycles. The van der Waals surface area contributed by atoms with Crippen LogP contribution in [0.3, 0.4) is 0 Å². The third-order valence-corrected chi connectivity index (χ3v) is 3.71. The number of benzene rings is 1. The van der Waals surface area contributed by atoms with Crippen molar-refractivity contribution in [3.8, 4) is 0 Å². The Kier molecular flexibility index (Phi) is 4.01. The van der Waals surface area contributed by atoms with Gasteiger partial charge in [-0.15, -0.1) is 0 Å². The summed E-state index contributed by atoms with van der Waals surface area (Å²) < 4.78 is 1.03. The third kappa shape index (κ3) is 2.78. The first-order valence-corrected chi connectivity index (χ1v) is 6.59. The van der Waals surface area contributed by atoms with Gasteiger partial charge in [-0.1, -0.05) is 6.07 Å². The molecule has 1 amide bonds. The van der Waals surface area contributed by atoms with Gasteiger partial charge in [0.2, 0.25) is 0 Å². The molecule has 92 valence electrons. The van der Waals surface area contributed by atoms with E-state index in [0.29, 0.717) is 18.7 Å². The van der Waals surface area contributed by atoms with Gasteiger partial charge in [0.15, 0.2) is 0 Å². The normalized spacial score (nSPS) is 23.7. The van der Waals surface area contributed by atoms with Crippen molar-refractivity contribution in [1.82, 2.24) is 10.2 Å². The van der Waals surface area contributed by atoms with Crippen LogP contribution in [0.15, 0.2) is 24.3 Å². The largest absolute Gasteiger partial charge is 0.390 e. The van der Waals surface area contributed by atoms with Crippen LogP contribution in [0.2, 0.25) is 0 Å². The number of hydrogen-bond acceptors (Lipinski definition) is 3. The van der Waals surface area contributed by atoms with Crippen LogP contribution < -0.4 is 5.32 Å². The highest BCUT2D eigenvalue weighted by molar-refractivity contribution is 14.1. The van der Waals surface area contributed by atoms with Crippen LogP contribution in [0.1, 0.15) is 10.4 Å². The highest BCUT2D eigenvalue weighted by Crippen LogP contribution is 2.14. The lowest BCUT2D eigenvalue weighted by Crippen LogP contribution is -2.44. The number of aliphatic hydroxyl groups is 1. The number of halogens is 1. The molecule has 1 saturated heterocycles. The van der Waals surface area contributed by atoms with Crippen molar-refractivity contribution in [2.75, 3.05) is 20.1 Å². The van der Waals surface area contributed by atoms with E-state index in [0.717, 1.165) is 3.57 Å².